The predicted octanol–water partition coefficient (Wildman–Crippen LogP) is 3.31. The molecule has 224 valence electrons. The lowest BCUT2D eigenvalue weighted by atomic mass is 9.95. The van der Waals surface area contributed by atoms with Crippen LogP contribution in [-0.4, -0.2) is 55.3 Å². The van der Waals surface area contributed by atoms with Crippen LogP contribution >= 0.6 is 0 Å². The molecule has 0 unspecified atom stereocenters. The van der Waals surface area contributed by atoms with Gasteiger partial charge in [0, 0.05) is 38.0 Å². The van der Waals surface area contributed by atoms with Gasteiger partial charge in [-0.3, -0.25) is 14.4 Å². The lowest BCUT2D eigenvalue weighted by molar-refractivity contribution is -0.122. The highest BCUT2D eigenvalue weighted by Crippen LogP contribution is 2.50. The van der Waals surface area contributed by atoms with E-state index in [0.717, 1.165) is 16.7 Å². The molecule has 2 atom stereocenters. The van der Waals surface area contributed by atoms with Crippen molar-refractivity contribution in [3.05, 3.63) is 64.3 Å². The molecule has 2 amide bonds. The molecule has 1 aromatic heterocycles. The van der Waals surface area contributed by atoms with E-state index < -0.39 is 12.1 Å². The number of anilines is 1. The molecule has 0 bridgehead atoms. The Hall–Kier alpha value is -4.54. The van der Waals surface area contributed by atoms with Gasteiger partial charge in [-0.05, 0) is 53.6 Å². The van der Waals surface area contributed by atoms with Crippen molar-refractivity contribution in [2.45, 2.75) is 52.2 Å². The van der Waals surface area contributed by atoms with Gasteiger partial charge in [-0.1, -0.05) is 19.9 Å². The van der Waals surface area contributed by atoms with Gasteiger partial charge in [0.1, 0.15) is 6.04 Å². The Morgan fingerprint density at radius 1 is 1.10 bits per heavy atom. The van der Waals surface area contributed by atoms with E-state index >= 15 is 0 Å². The molecule has 0 radical (unpaired) electrons. The molecule has 0 aliphatic heterocycles. The summed E-state index contributed by atoms with van der Waals surface area (Å²) in [6, 6.07) is 5.89. The molecule has 1 heterocycles. The van der Waals surface area contributed by atoms with Gasteiger partial charge in [0.25, 0.3) is 0 Å². The van der Waals surface area contributed by atoms with Crippen molar-refractivity contribution >= 4 is 17.5 Å². The number of ether oxygens (including phenoxy) is 3. The molecule has 11 nitrogen and oxygen atoms in total. The summed E-state index contributed by atoms with van der Waals surface area (Å²) in [5.74, 6) is 0.912. The minimum absolute atomic E-state index is 0.106. The van der Waals surface area contributed by atoms with Crippen LogP contribution in [0.15, 0.2) is 47.8 Å². The van der Waals surface area contributed by atoms with Gasteiger partial charge < -0.3 is 34.7 Å². The number of amides is 2. The van der Waals surface area contributed by atoms with Crippen LogP contribution in [0.5, 0.6) is 17.2 Å². The third-order valence-electron chi connectivity index (χ3n) is 7.40. The molecule has 0 saturated heterocycles. The van der Waals surface area contributed by atoms with Crippen LogP contribution in [0.2, 0.25) is 0 Å². The van der Waals surface area contributed by atoms with E-state index in [1.807, 2.05) is 36.7 Å². The number of hydrogen-bond donors (Lipinski definition) is 3. The maximum Gasteiger partial charge on any atom is 0.242 e. The van der Waals surface area contributed by atoms with Crippen LogP contribution in [0.25, 0.3) is 11.1 Å². The number of carbonyl (C=O) groups excluding carboxylic acids is 2. The first-order valence-corrected chi connectivity index (χ1v) is 14.0. The first-order valence-electron chi connectivity index (χ1n) is 14.0. The Kier molecular flexibility index (Phi) is 9.72. The number of methoxy groups -OCH3 is 3. The summed E-state index contributed by atoms with van der Waals surface area (Å²) in [7, 11) is 4.66. The van der Waals surface area contributed by atoms with E-state index in [-0.39, 0.29) is 28.8 Å². The number of aryl methyl sites for hydroxylation is 1. The number of fused-ring (bicyclic) bond motifs is 3. The molecule has 3 aromatic rings. The molecular formula is C31H39N5O6. The Morgan fingerprint density at radius 3 is 2.48 bits per heavy atom. The molecule has 2 aromatic carbocycles. The summed E-state index contributed by atoms with van der Waals surface area (Å²) in [6.45, 7) is 6.29. The van der Waals surface area contributed by atoms with E-state index in [0.29, 0.717) is 48.7 Å². The number of nitrogens with zero attached hydrogens (tertiary/aromatic N) is 2. The third kappa shape index (κ3) is 6.50. The quantitative estimate of drug-likeness (QED) is 0.316. The summed E-state index contributed by atoms with van der Waals surface area (Å²) >= 11 is 0. The second-order valence-corrected chi connectivity index (χ2v) is 10.6. The fraction of sp³-hybridized carbons (Fsp3) is 0.419. The zero-order valence-electron chi connectivity index (χ0n) is 24.9. The van der Waals surface area contributed by atoms with Gasteiger partial charge in [-0.25, -0.2) is 4.98 Å². The van der Waals surface area contributed by atoms with Crippen molar-refractivity contribution in [1.82, 2.24) is 20.2 Å². The fourth-order valence-electron chi connectivity index (χ4n) is 5.37. The lowest BCUT2D eigenvalue weighted by Gasteiger charge is -2.22. The highest BCUT2D eigenvalue weighted by atomic mass is 16.5. The van der Waals surface area contributed by atoms with Crippen molar-refractivity contribution in [1.29, 1.82) is 0 Å². The molecule has 4 rings (SSSR count). The second-order valence-electron chi connectivity index (χ2n) is 10.6. The summed E-state index contributed by atoms with van der Waals surface area (Å²) in [5.41, 5.74) is 3.04. The Labute approximate surface area is 245 Å². The van der Waals surface area contributed by atoms with Crippen LogP contribution in [0, 0.1) is 5.92 Å². The van der Waals surface area contributed by atoms with E-state index in [1.165, 1.54) is 13.0 Å². The van der Waals surface area contributed by atoms with E-state index in [2.05, 4.69) is 20.9 Å². The molecule has 0 fully saturated rings. The average Bonchev–Trinajstić information content (AvgIpc) is 3.37. The smallest absolute Gasteiger partial charge is 0.242 e. The van der Waals surface area contributed by atoms with Gasteiger partial charge in [0.15, 0.2) is 11.5 Å². The number of nitrogens with one attached hydrogen (secondary N) is 3. The Morgan fingerprint density at radius 2 is 1.86 bits per heavy atom. The monoisotopic (exact) mass is 577 g/mol. The average molecular weight is 578 g/mol. The summed E-state index contributed by atoms with van der Waals surface area (Å²) in [4.78, 5) is 43.1. The van der Waals surface area contributed by atoms with Gasteiger partial charge >= 0.3 is 0 Å². The summed E-state index contributed by atoms with van der Waals surface area (Å²) < 4.78 is 19.0. The van der Waals surface area contributed by atoms with Crippen molar-refractivity contribution in [3.63, 3.8) is 0 Å². The largest absolute Gasteiger partial charge is 0.493 e. The highest BCUT2D eigenvalue weighted by molar-refractivity contribution is 5.86. The van der Waals surface area contributed by atoms with Crippen LogP contribution < -0.4 is 35.6 Å². The van der Waals surface area contributed by atoms with Crippen molar-refractivity contribution < 1.29 is 23.8 Å². The Balaban J connectivity index is 1.77. The van der Waals surface area contributed by atoms with Gasteiger partial charge in [0.2, 0.25) is 23.0 Å². The number of rotatable bonds is 11. The standard InChI is InChI=1S/C31H39N5O6/c1-18(2)28(31(39)33-12-14-36-13-11-32-17-36)35-24-10-8-21-22(16-25(24)38)23(34-19(3)37)9-7-20-15-26(40-4)29(41-5)30(42-6)27(20)21/h8,10-11,13,15-18,23,28H,7,9,12,14H2,1-6H3,(H,33,39)(H,34,37)(H,35,38)/t23-,28-/m0/s1. The lowest BCUT2D eigenvalue weighted by Crippen LogP contribution is -2.44. The summed E-state index contributed by atoms with van der Waals surface area (Å²) in [6.07, 6.45) is 6.36. The van der Waals surface area contributed by atoms with E-state index in [1.54, 1.807) is 39.9 Å². The first kappa shape index (κ1) is 30.4. The molecule has 11 heteroatoms. The molecule has 1 aliphatic carbocycles. The minimum atomic E-state index is -0.653. The van der Waals surface area contributed by atoms with E-state index in [4.69, 9.17) is 14.2 Å². The molecule has 0 spiro atoms. The SMILES string of the molecule is COc1cc2c(c(OC)c1OC)-c1ccc(N[C@H](C(=O)NCCn3ccnc3)C(C)C)c(=O)cc1[C@@H](NC(C)=O)CC2. The van der Waals surface area contributed by atoms with Crippen LogP contribution in [0.4, 0.5) is 5.69 Å². The van der Waals surface area contributed by atoms with Gasteiger partial charge in [-0.2, -0.15) is 0 Å². The number of benzene rings is 1. The van der Waals surface area contributed by atoms with Crippen molar-refractivity contribution in [2.24, 2.45) is 5.92 Å². The normalized spacial score (nSPS) is 14.6. The highest BCUT2D eigenvalue weighted by Gasteiger charge is 2.30. The van der Waals surface area contributed by atoms with Gasteiger partial charge in [-0.15, -0.1) is 0 Å². The maximum atomic E-state index is 13.7. The third-order valence-corrected chi connectivity index (χ3v) is 7.40. The summed E-state index contributed by atoms with van der Waals surface area (Å²) in [5, 5.41) is 9.15. The molecule has 0 saturated carbocycles. The molecule has 42 heavy (non-hydrogen) atoms. The minimum Gasteiger partial charge on any atom is -0.493 e. The molecule has 3 N–H and O–H groups in total. The van der Waals surface area contributed by atoms with Gasteiger partial charge in [0.05, 0.1) is 39.4 Å². The van der Waals surface area contributed by atoms with Crippen molar-refractivity contribution in [2.75, 3.05) is 33.2 Å². The second kappa shape index (κ2) is 13.4. The van der Waals surface area contributed by atoms with Crippen LogP contribution in [-0.2, 0) is 22.6 Å². The fourth-order valence-corrected chi connectivity index (χ4v) is 5.37. The maximum absolute atomic E-state index is 13.7. The van der Waals surface area contributed by atoms with Crippen LogP contribution in [0.3, 0.4) is 0 Å². The van der Waals surface area contributed by atoms with Crippen LogP contribution in [0.1, 0.15) is 44.4 Å². The zero-order chi connectivity index (χ0) is 30.4. The number of carbonyl (C=O) groups is 2. The zero-order valence-corrected chi connectivity index (χ0v) is 24.9. The number of hydrogen-bond acceptors (Lipinski definition) is 8. The molecular weight excluding hydrogens is 538 g/mol. The number of aromatic nitrogens is 2. The van der Waals surface area contributed by atoms with Crippen molar-refractivity contribution in [3.8, 4) is 28.4 Å². The molecule has 1 aliphatic rings. The first-order chi connectivity index (χ1) is 20.2. The number of imidazole rings is 1. The topological polar surface area (TPSA) is 133 Å². The Bertz CT molecular complexity index is 1490. The van der Waals surface area contributed by atoms with E-state index in [9.17, 15) is 14.4 Å². The predicted molar refractivity (Wildman–Crippen MR) is 160 cm³/mol.